The lowest BCUT2D eigenvalue weighted by Gasteiger charge is -2.07. The Labute approximate surface area is 113 Å². The lowest BCUT2D eigenvalue weighted by molar-refractivity contribution is 0.584. The van der Waals surface area contributed by atoms with Gasteiger partial charge in [-0.2, -0.15) is 0 Å². The van der Waals surface area contributed by atoms with Crippen LogP contribution < -0.4 is 5.43 Å². The normalized spacial score (nSPS) is 10.8. The van der Waals surface area contributed by atoms with E-state index in [1.165, 1.54) is 6.07 Å². The third-order valence-electron chi connectivity index (χ3n) is 2.89. The predicted octanol–water partition coefficient (Wildman–Crippen LogP) is 3.89. The zero-order chi connectivity index (χ0) is 13.4. The highest BCUT2D eigenvalue weighted by molar-refractivity contribution is 7.80. The SMILES string of the molecule is O=c1c(S)c(-c2ccccc2F)oc2ccccc12. The number of rotatable bonds is 1. The van der Waals surface area contributed by atoms with Crippen molar-refractivity contribution in [3.8, 4) is 11.3 Å². The zero-order valence-electron chi connectivity index (χ0n) is 9.76. The van der Waals surface area contributed by atoms with Gasteiger partial charge in [-0.3, -0.25) is 4.79 Å². The van der Waals surface area contributed by atoms with Crippen LogP contribution in [0.3, 0.4) is 0 Å². The van der Waals surface area contributed by atoms with Gasteiger partial charge >= 0.3 is 0 Å². The molecular weight excluding hydrogens is 263 g/mol. The van der Waals surface area contributed by atoms with Crippen LogP contribution in [0.25, 0.3) is 22.3 Å². The predicted molar refractivity (Wildman–Crippen MR) is 75.1 cm³/mol. The molecule has 0 aliphatic rings. The number of thiol groups is 1. The first-order valence-corrected chi connectivity index (χ1v) is 6.13. The van der Waals surface area contributed by atoms with Crippen molar-refractivity contribution < 1.29 is 8.81 Å². The smallest absolute Gasteiger partial charge is 0.206 e. The van der Waals surface area contributed by atoms with Gasteiger partial charge in [-0.1, -0.05) is 24.3 Å². The summed E-state index contributed by atoms with van der Waals surface area (Å²) in [5.74, 6) is -0.290. The highest BCUT2D eigenvalue weighted by atomic mass is 32.1. The van der Waals surface area contributed by atoms with Crippen LogP contribution >= 0.6 is 12.6 Å². The molecule has 0 radical (unpaired) electrons. The van der Waals surface area contributed by atoms with Gasteiger partial charge in [0, 0.05) is 0 Å². The molecule has 2 aromatic carbocycles. The fourth-order valence-corrected chi connectivity index (χ4v) is 2.25. The van der Waals surface area contributed by atoms with E-state index in [1.54, 1.807) is 42.5 Å². The fourth-order valence-electron chi connectivity index (χ4n) is 1.96. The molecule has 3 rings (SSSR count). The Morgan fingerprint density at radius 3 is 2.47 bits per heavy atom. The molecule has 0 unspecified atom stereocenters. The molecule has 0 fully saturated rings. The molecule has 1 heterocycles. The fraction of sp³-hybridized carbons (Fsp3) is 0. The summed E-state index contributed by atoms with van der Waals surface area (Å²) < 4.78 is 19.4. The second kappa shape index (κ2) is 4.55. The molecule has 1 aromatic heterocycles. The van der Waals surface area contributed by atoms with E-state index in [2.05, 4.69) is 12.6 Å². The van der Waals surface area contributed by atoms with Crippen LogP contribution in [-0.4, -0.2) is 0 Å². The molecule has 2 nitrogen and oxygen atoms in total. The van der Waals surface area contributed by atoms with Gasteiger partial charge in [0.2, 0.25) is 5.43 Å². The second-order valence-corrected chi connectivity index (χ2v) is 4.53. The third kappa shape index (κ3) is 1.94. The number of fused-ring (bicyclic) bond motifs is 1. The minimum Gasteiger partial charge on any atom is -0.455 e. The second-order valence-electron chi connectivity index (χ2n) is 4.08. The van der Waals surface area contributed by atoms with E-state index in [-0.39, 0.29) is 21.6 Å². The number of hydrogen-bond acceptors (Lipinski definition) is 3. The number of benzene rings is 2. The highest BCUT2D eigenvalue weighted by Crippen LogP contribution is 2.29. The van der Waals surface area contributed by atoms with E-state index in [4.69, 9.17) is 4.42 Å². The van der Waals surface area contributed by atoms with Crippen LogP contribution in [0.5, 0.6) is 0 Å². The van der Waals surface area contributed by atoms with Crippen molar-refractivity contribution in [2.45, 2.75) is 4.90 Å². The van der Waals surface area contributed by atoms with Crippen LogP contribution in [-0.2, 0) is 0 Å². The van der Waals surface area contributed by atoms with Crippen molar-refractivity contribution in [3.05, 3.63) is 64.6 Å². The van der Waals surface area contributed by atoms with Gasteiger partial charge in [0.25, 0.3) is 0 Å². The summed E-state index contributed by atoms with van der Waals surface area (Å²) in [5.41, 5.74) is 0.391. The van der Waals surface area contributed by atoms with Gasteiger partial charge in [-0.25, -0.2) is 4.39 Å². The molecule has 0 bridgehead atoms. The molecule has 0 amide bonds. The van der Waals surface area contributed by atoms with E-state index in [1.807, 2.05) is 0 Å². The molecule has 0 atom stereocenters. The number of halogens is 1. The maximum absolute atomic E-state index is 13.8. The maximum atomic E-state index is 13.8. The lowest BCUT2D eigenvalue weighted by Crippen LogP contribution is -2.05. The topological polar surface area (TPSA) is 30.2 Å². The first-order chi connectivity index (χ1) is 9.18. The van der Waals surface area contributed by atoms with E-state index >= 15 is 0 Å². The molecule has 19 heavy (non-hydrogen) atoms. The van der Waals surface area contributed by atoms with Crippen molar-refractivity contribution in [3.63, 3.8) is 0 Å². The van der Waals surface area contributed by atoms with Crippen molar-refractivity contribution in [1.82, 2.24) is 0 Å². The molecule has 0 aliphatic heterocycles. The maximum Gasteiger partial charge on any atom is 0.206 e. The van der Waals surface area contributed by atoms with Crippen molar-refractivity contribution in [2.75, 3.05) is 0 Å². The monoisotopic (exact) mass is 272 g/mol. The average molecular weight is 272 g/mol. The van der Waals surface area contributed by atoms with Gasteiger partial charge in [0.05, 0.1) is 15.8 Å². The van der Waals surface area contributed by atoms with Crippen LogP contribution in [0.1, 0.15) is 0 Å². The summed E-state index contributed by atoms with van der Waals surface area (Å²) in [6, 6.07) is 13.0. The summed E-state index contributed by atoms with van der Waals surface area (Å²) in [4.78, 5) is 12.3. The van der Waals surface area contributed by atoms with Gasteiger partial charge in [0.1, 0.15) is 11.4 Å². The average Bonchev–Trinajstić information content (AvgIpc) is 2.44. The standard InChI is InChI=1S/C15H9FO2S/c16-11-7-3-1-5-9(11)14-15(19)13(17)10-6-2-4-8-12(10)18-14/h1-8,19H. The largest absolute Gasteiger partial charge is 0.455 e. The van der Waals surface area contributed by atoms with Gasteiger partial charge < -0.3 is 4.42 Å². The van der Waals surface area contributed by atoms with Crippen LogP contribution in [0.15, 0.2) is 62.6 Å². The zero-order valence-corrected chi connectivity index (χ0v) is 10.7. The van der Waals surface area contributed by atoms with Crippen LogP contribution in [0.4, 0.5) is 4.39 Å². The van der Waals surface area contributed by atoms with Crippen molar-refractivity contribution in [2.24, 2.45) is 0 Å². The molecule has 0 aliphatic carbocycles. The third-order valence-corrected chi connectivity index (χ3v) is 3.30. The Morgan fingerprint density at radius 2 is 1.68 bits per heavy atom. The summed E-state index contributed by atoms with van der Waals surface area (Å²) in [5, 5.41) is 0.438. The first-order valence-electron chi connectivity index (χ1n) is 5.68. The quantitative estimate of drug-likeness (QED) is 0.681. The molecule has 0 spiro atoms. The lowest BCUT2D eigenvalue weighted by atomic mass is 10.1. The molecule has 0 N–H and O–H groups in total. The van der Waals surface area contributed by atoms with E-state index in [9.17, 15) is 9.18 Å². The molecule has 0 saturated carbocycles. The Bertz CT molecular complexity index is 824. The van der Waals surface area contributed by atoms with E-state index < -0.39 is 5.82 Å². The Morgan fingerprint density at radius 1 is 1.00 bits per heavy atom. The Hall–Kier alpha value is -2.07. The van der Waals surface area contributed by atoms with E-state index in [0.717, 1.165) is 0 Å². The molecule has 94 valence electrons. The number of para-hydroxylation sites is 1. The molecule has 4 heteroatoms. The van der Waals surface area contributed by atoms with E-state index in [0.29, 0.717) is 11.0 Å². The van der Waals surface area contributed by atoms with Gasteiger partial charge in [-0.15, -0.1) is 12.6 Å². The summed E-state index contributed by atoms with van der Waals surface area (Å²) in [6.07, 6.45) is 0. The Kier molecular flexibility index (Phi) is 2.87. The molecule has 3 aromatic rings. The summed E-state index contributed by atoms with van der Waals surface area (Å²) in [6.45, 7) is 0. The van der Waals surface area contributed by atoms with Crippen molar-refractivity contribution in [1.29, 1.82) is 0 Å². The first kappa shape index (κ1) is 12.0. The molecule has 0 saturated heterocycles. The molecular formula is C15H9FO2S. The number of hydrogen-bond donors (Lipinski definition) is 1. The highest BCUT2D eigenvalue weighted by Gasteiger charge is 2.15. The van der Waals surface area contributed by atoms with Gasteiger partial charge in [0.15, 0.2) is 5.76 Å². The van der Waals surface area contributed by atoms with Crippen molar-refractivity contribution >= 4 is 23.6 Å². The minimum absolute atomic E-state index is 0.115. The van der Waals surface area contributed by atoms with Crippen LogP contribution in [0, 0.1) is 5.82 Å². The van der Waals surface area contributed by atoms with Gasteiger partial charge in [-0.05, 0) is 24.3 Å². The summed E-state index contributed by atoms with van der Waals surface area (Å²) in [7, 11) is 0. The Balaban J connectivity index is 2.40. The summed E-state index contributed by atoms with van der Waals surface area (Å²) >= 11 is 4.17. The van der Waals surface area contributed by atoms with Crippen LogP contribution in [0.2, 0.25) is 0 Å². The minimum atomic E-state index is -0.448.